The Labute approximate surface area is 223 Å². The normalized spacial score (nSPS) is 17.3. The topological polar surface area (TPSA) is 52.6 Å². The van der Waals surface area contributed by atoms with Crippen LogP contribution in [-0.2, 0) is 19.1 Å². The van der Waals surface area contributed by atoms with Gasteiger partial charge in [-0.05, 0) is 25.7 Å². The monoisotopic (exact) mass is 506 g/mol. The summed E-state index contributed by atoms with van der Waals surface area (Å²) in [6.07, 6.45) is 30.3. The van der Waals surface area contributed by atoms with Crippen molar-refractivity contribution in [3.8, 4) is 0 Å². The standard InChI is InChI=1S/C32H58O4/c1-3-5-7-9-11-13-15-17-19-23-27-35-31(33)29-25-21-22-26-30(29)32(34)36-28-24-20-18-16-14-12-10-8-6-4-2/h21-22,29-30H,3-20,23-28H2,1-2H3. The molecular weight excluding hydrogens is 448 g/mol. The molecule has 2 atom stereocenters. The molecule has 1 aliphatic rings. The summed E-state index contributed by atoms with van der Waals surface area (Å²) < 4.78 is 11.1. The summed E-state index contributed by atoms with van der Waals surface area (Å²) >= 11 is 0. The summed E-state index contributed by atoms with van der Waals surface area (Å²) in [4.78, 5) is 25.3. The average Bonchev–Trinajstić information content (AvgIpc) is 2.90. The maximum Gasteiger partial charge on any atom is 0.310 e. The van der Waals surface area contributed by atoms with Crippen molar-refractivity contribution in [1.82, 2.24) is 0 Å². The highest BCUT2D eigenvalue weighted by molar-refractivity contribution is 5.82. The predicted octanol–water partition coefficient (Wildman–Crippen LogP) is 9.50. The molecule has 0 amide bonds. The molecule has 1 rings (SSSR count). The van der Waals surface area contributed by atoms with Gasteiger partial charge in [0.1, 0.15) is 0 Å². The fourth-order valence-electron chi connectivity index (χ4n) is 5.07. The maximum absolute atomic E-state index is 12.7. The van der Waals surface area contributed by atoms with Crippen molar-refractivity contribution in [2.75, 3.05) is 13.2 Å². The van der Waals surface area contributed by atoms with Gasteiger partial charge in [-0.1, -0.05) is 142 Å². The van der Waals surface area contributed by atoms with Crippen molar-refractivity contribution in [2.45, 2.75) is 155 Å². The van der Waals surface area contributed by atoms with Crippen LogP contribution in [0.2, 0.25) is 0 Å². The molecule has 0 aromatic rings. The van der Waals surface area contributed by atoms with Gasteiger partial charge in [-0.2, -0.15) is 0 Å². The van der Waals surface area contributed by atoms with Gasteiger partial charge >= 0.3 is 11.9 Å². The van der Waals surface area contributed by atoms with Crippen LogP contribution in [0.1, 0.15) is 155 Å². The summed E-state index contributed by atoms with van der Waals surface area (Å²) in [5.74, 6) is -1.23. The number of hydrogen-bond donors (Lipinski definition) is 0. The van der Waals surface area contributed by atoms with Crippen LogP contribution < -0.4 is 0 Å². The highest BCUT2D eigenvalue weighted by Gasteiger charge is 2.36. The van der Waals surface area contributed by atoms with Crippen LogP contribution in [0.4, 0.5) is 0 Å². The van der Waals surface area contributed by atoms with E-state index in [1.54, 1.807) is 0 Å². The molecule has 0 saturated carbocycles. The molecule has 4 nitrogen and oxygen atoms in total. The van der Waals surface area contributed by atoms with Crippen LogP contribution in [0.5, 0.6) is 0 Å². The van der Waals surface area contributed by atoms with E-state index in [1.165, 1.54) is 103 Å². The molecule has 0 saturated heterocycles. The van der Waals surface area contributed by atoms with E-state index in [4.69, 9.17) is 9.47 Å². The molecule has 0 fully saturated rings. The van der Waals surface area contributed by atoms with Crippen molar-refractivity contribution < 1.29 is 19.1 Å². The summed E-state index contributed by atoms with van der Waals surface area (Å²) in [6.45, 7) is 5.44. The van der Waals surface area contributed by atoms with Crippen molar-refractivity contribution in [3.05, 3.63) is 12.2 Å². The minimum absolute atomic E-state index is 0.226. The number of hydrogen-bond acceptors (Lipinski definition) is 4. The van der Waals surface area contributed by atoms with Gasteiger partial charge < -0.3 is 9.47 Å². The first-order chi connectivity index (χ1) is 17.7. The number of unbranched alkanes of at least 4 members (excludes halogenated alkanes) is 18. The van der Waals surface area contributed by atoms with Gasteiger partial charge in [0.15, 0.2) is 0 Å². The Morgan fingerprint density at radius 2 is 0.778 bits per heavy atom. The Hall–Kier alpha value is -1.32. The second kappa shape index (κ2) is 24.0. The smallest absolute Gasteiger partial charge is 0.310 e. The molecule has 0 heterocycles. The summed E-state index contributed by atoms with van der Waals surface area (Å²) in [5, 5.41) is 0. The predicted molar refractivity (Wildman–Crippen MR) is 151 cm³/mol. The van der Waals surface area contributed by atoms with Crippen molar-refractivity contribution >= 4 is 11.9 Å². The molecule has 4 heteroatoms. The Morgan fingerprint density at radius 1 is 0.500 bits per heavy atom. The third kappa shape index (κ3) is 17.2. The van der Waals surface area contributed by atoms with Crippen molar-refractivity contribution in [1.29, 1.82) is 0 Å². The second-order valence-corrected chi connectivity index (χ2v) is 10.9. The summed E-state index contributed by atoms with van der Waals surface area (Å²) in [5.41, 5.74) is 0. The molecule has 1 aliphatic carbocycles. The van der Waals surface area contributed by atoms with E-state index in [0.29, 0.717) is 26.1 Å². The van der Waals surface area contributed by atoms with Gasteiger partial charge in [-0.25, -0.2) is 0 Å². The van der Waals surface area contributed by atoms with Crippen LogP contribution >= 0.6 is 0 Å². The minimum Gasteiger partial charge on any atom is -0.465 e. The van der Waals surface area contributed by atoms with Gasteiger partial charge in [0.05, 0.1) is 25.0 Å². The molecule has 0 spiro atoms. The van der Waals surface area contributed by atoms with Gasteiger partial charge in [-0.3, -0.25) is 9.59 Å². The third-order valence-corrected chi connectivity index (χ3v) is 7.52. The van der Waals surface area contributed by atoms with E-state index in [0.717, 1.165) is 25.7 Å². The lowest BCUT2D eigenvalue weighted by Gasteiger charge is -2.25. The number of esters is 2. The first-order valence-electron chi connectivity index (χ1n) is 15.7. The first kappa shape index (κ1) is 32.7. The van der Waals surface area contributed by atoms with E-state index in [9.17, 15) is 9.59 Å². The van der Waals surface area contributed by atoms with Crippen LogP contribution in [0.25, 0.3) is 0 Å². The summed E-state index contributed by atoms with van der Waals surface area (Å²) in [6, 6.07) is 0. The molecule has 0 aromatic carbocycles. The molecule has 2 unspecified atom stereocenters. The van der Waals surface area contributed by atoms with Gasteiger partial charge in [-0.15, -0.1) is 0 Å². The Morgan fingerprint density at radius 3 is 1.08 bits per heavy atom. The zero-order valence-electron chi connectivity index (χ0n) is 23.9. The second-order valence-electron chi connectivity index (χ2n) is 10.9. The number of ether oxygens (including phenoxy) is 2. The SMILES string of the molecule is CCCCCCCCCCCCOC(=O)C1CC=CCC1C(=O)OCCCCCCCCCCCC. The molecule has 0 aliphatic heterocycles. The van der Waals surface area contributed by atoms with Crippen LogP contribution in [0.3, 0.4) is 0 Å². The fraction of sp³-hybridized carbons (Fsp3) is 0.875. The number of carbonyl (C=O) groups excluding carboxylic acids is 2. The van der Waals surface area contributed by atoms with Crippen molar-refractivity contribution in [2.24, 2.45) is 11.8 Å². The average molecular weight is 507 g/mol. The van der Waals surface area contributed by atoms with Gasteiger partial charge in [0, 0.05) is 0 Å². The van der Waals surface area contributed by atoms with Crippen LogP contribution in [0, 0.1) is 11.8 Å². The molecule has 0 bridgehead atoms. The van der Waals surface area contributed by atoms with E-state index in [2.05, 4.69) is 13.8 Å². The molecule has 0 N–H and O–H groups in total. The van der Waals surface area contributed by atoms with Crippen LogP contribution in [0.15, 0.2) is 12.2 Å². The highest BCUT2D eigenvalue weighted by Crippen LogP contribution is 2.28. The van der Waals surface area contributed by atoms with Crippen molar-refractivity contribution in [3.63, 3.8) is 0 Å². The zero-order chi connectivity index (χ0) is 26.1. The largest absolute Gasteiger partial charge is 0.465 e. The lowest BCUT2D eigenvalue weighted by Crippen LogP contribution is -2.34. The number of rotatable bonds is 24. The molecule has 36 heavy (non-hydrogen) atoms. The lowest BCUT2D eigenvalue weighted by atomic mass is 9.83. The Kier molecular flexibility index (Phi) is 21.8. The molecule has 0 aromatic heterocycles. The van der Waals surface area contributed by atoms with E-state index < -0.39 is 11.8 Å². The van der Waals surface area contributed by atoms with E-state index in [1.807, 2.05) is 12.2 Å². The third-order valence-electron chi connectivity index (χ3n) is 7.52. The molecule has 210 valence electrons. The fourth-order valence-corrected chi connectivity index (χ4v) is 5.07. The minimum atomic E-state index is -0.390. The van der Waals surface area contributed by atoms with Crippen LogP contribution in [-0.4, -0.2) is 25.2 Å². The Balaban J connectivity index is 2.09. The lowest BCUT2D eigenvalue weighted by molar-refractivity contribution is -0.161. The molecule has 0 radical (unpaired) electrons. The number of allylic oxidation sites excluding steroid dienone is 2. The van der Waals surface area contributed by atoms with E-state index in [-0.39, 0.29) is 11.9 Å². The maximum atomic E-state index is 12.7. The first-order valence-corrected chi connectivity index (χ1v) is 15.7. The highest BCUT2D eigenvalue weighted by atomic mass is 16.5. The van der Waals surface area contributed by atoms with E-state index >= 15 is 0 Å². The molecular formula is C32H58O4. The zero-order valence-corrected chi connectivity index (χ0v) is 23.9. The van der Waals surface area contributed by atoms with Gasteiger partial charge in [0.2, 0.25) is 0 Å². The van der Waals surface area contributed by atoms with Gasteiger partial charge in [0.25, 0.3) is 0 Å². The summed E-state index contributed by atoms with van der Waals surface area (Å²) in [7, 11) is 0. The quantitative estimate of drug-likeness (QED) is 0.0743. The Bertz CT molecular complexity index is 508. The number of carbonyl (C=O) groups is 2.